The molecule has 0 bridgehead atoms. The van der Waals surface area contributed by atoms with E-state index in [1.54, 1.807) is 0 Å². The summed E-state index contributed by atoms with van der Waals surface area (Å²) in [6, 6.07) is 2.06. The van der Waals surface area contributed by atoms with E-state index in [1.165, 1.54) is 22.6 Å². The molecule has 0 nitrogen and oxygen atoms in total. The quantitative estimate of drug-likeness (QED) is 0.324. The standard InChI is InChI=1S/C9H4BrF6I/c10-3-4-1-2-5(17)7(9(14,15)16)6(4)8(11,12)13/h1-2H,3H2. The molecule has 96 valence electrons. The highest BCUT2D eigenvalue weighted by molar-refractivity contribution is 14.1. The van der Waals surface area contributed by atoms with Gasteiger partial charge < -0.3 is 0 Å². The lowest BCUT2D eigenvalue weighted by Gasteiger charge is -2.19. The van der Waals surface area contributed by atoms with Crippen LogP contribution in [0.2, 0.25) is 0 Å². The van der Waals surface area contributed by atoms with Crippen molar-refractivity contribution in [1.29, 1.82) is 0 Å². The summed E-state index contributed by atoms with van der Waals surface area (Å²) in [7, 11) is 0. The van der Waals surface area contributed by atoms with E-state index in [1.807, 2.05) is 0 Å². The van der Waals surface area contributed by atoms with Crippen LogP contribution < -0.4 is 0 Å². The van der Waals surface area contributed by atoms with Crippen molar-refractivity contribution in [2.45, 2.75) is 17.7 Å². The SMILES string of the molecule is FC(F)(F)c1c(I)ccc(CBr)c1C(F)(F)F. The number of rotatable bonds is 1. The number of hydrogen-bond acceptors (Lipinski definition) is 0. The molecule has 0 aromatic heterocycles. The van der Waals surface area contributed by atoms with Crippen molar-refractivity contribution < 1.29 is 26.3 Å². The van der Waals surface area contributed by atoms with Gasteiger partial charge in [-0.1, -0.05) is 22.0 Å². The van der Waals surface area contributed by atoms with Crippen LogP contribution in [0.5, 0.6) is 0 Å². The third kappa shape index (κ3) is 3.27. The second kappa shape index (κ2) is 4.94. The van der Waals surface area contributed by atoms with Crippen LogP contribution >= 0.6 is 38.5 Å². The lowest BCUT2D eigenvalue weighted by atomic mass is 10.0. The molecule has 0 spiro atoms. The van der Waals surface area contributed by atoms with E-state index < -0.39 is 32.6 Å². The predicted molar refractivity (Wildman–Crippen MR) is 61.8 cm³/mol. The second-order valence-electron chi connectivity index (χ2n) is 3.09. The largest absolute Gasteiger partial charge is 0.418 e. The fourth-order valence-corrected chi connectivity index (χ4v) is 2.56. The first-order valence-electron chi connectivity index (χ1n) is 4.10. The molecule has 0 amide bonds. The zero-order valence-electron chi connectivity index (χ0n) is 7.89. The van der Waals surface area contributed by atoms with Crippen LogP contribution in [0.3, 0.4) is 0 Å². The van der Waals surface area contributed by atoms with Gasteiger partial charge >= 0.3 is 12.4 Å². The molecule has 8 heteroatoms. The molecule has 0 fully saturated rings. The van der Waals surface area contributed by atoms with Gasteiger partial charge in [0.2, 0.25) is 0 Å². The Balaban J connectivity index is 3.67. The molecule has 0 aliphatic rings. The van der Waals surface area contributed by atoms with Crippen molar-refractivity contribution in [1.82, 2.24) is 0 Å². The lowest BCUT2D eigenvalue weighted by molar-refractivity contribution is -0.163. The third-order valence-corrected chi connectivity index (χ3v) is 3.45. The smallest absolute Gasteiger partial charge is 0.166 e. The van der Waals surface area contributed by atoms with Gasteiger partial charge in [-0.3, -0.25) is 0 Å². The van der Waals surface area contributed by atoms with Gasteiger partial charge in [-0.15, -0.1) is 0 Å². The third-order valence-electron chi connectivity index (χ3n) is 1.95. The van der Waals surface area contributed by atoms with E-state index in [4.69, 9.17) is 0 Å². The summed E-state index contributed by atoms with van der Waals surface area (Å²) in [5, 5.41) is -0.290. The summed E-state index contributed by atoms with van der Waals surface area (Å²) in [6.07, 6.45) is -10.1. The normalized spacial score (nSPS) is 12.9. The Morgan fingerprint density at radius 1 is 0.941 bits per heavy atom. The summed E-state index contributed by atoms with van der Waals surface area (Å²) in [5.74, 6) is 0. The van der Waals surface area contributed by atoms with Crippen LogP contribution in [0.4, 0.5) is 26.3 Å². The Morgan fingerprint density at radius 2 is 1.41 bits per heavy atom. The molecule has 0 saturated heterocycles. The van der Waals surface area contributed by atoms with Crippen LogP contribution in [0.25, 0.3) is 0 Å². The van der Waals surface area contributed by atoms with Crippen LogP contribution in [0.15, 0.2) is 12.1 Å². The molecule has 0 heterocycles. The Morgan fingerprint density at radius 3 is 1.76 bits per heavy atom. The molecule has 0 N–H and O–H groups in total. The summed E-state index contributed by atoms with van der Waals surface area (Å²) >= 11 is 4.01. The Kier molecular flexibility index (Phi) is 4.38. The Labute approximate surface area is 115 Å². The van der Waals surface area contributed by atoms with E-state index in [0.717, 1.165) is 12.1 Å². The highest BCUT2D eigenvalue weighted by Crippen LogP contribution is 2.44. The van der Waals surface area contributed by atoms with Crippen molar-refractivity contribution >= 4 is 38.5 Å². The molecule has 0 aliphatic carbocycles. The maximum atomic E-state index is 12.7. The minimum absolute atomic E-state index is 0.290. The Hall–Kier alpha value is 0.01000. The molecular formula is C9H4BrF6I. The summed E-state index contributed by atoms with van der Waals surface area (Å²) in [4.78, 5) is 0. The van der Waals surface area contributed by atoms with Gasteiger partial charge in [-0.2, -0.15) is 26.3 Å². The van der Waals surface area contributed by atoms with Crippen molar-refractivity contribution in [2.75, 3.05) is 0 Å². The first-order valence-corrected chi connectivity index (χ1v) is 6.30. The molecule has 1 aromatic carbocycles. The van der Waals surface area contributed by atoms with Crippen molar-refractivity contribution in [3.8, 4) is 0 Å². The second-order valence-corrected chi connectivity index (χ2v) is 4.81. The fourth-order valence-electron chi connectivity index (χ4n) is 1.33. The van der Waals surface area contributed by atoms with Gasteiger partial charge in [0.25, 0.3) is 0 Å². The van der Waals surface area contributed by atoms with Gasteiger partial charge in [-0.05, 0) is 34.2 Å². The first kappa shape index (κ1) is 15.1. The van der Waals surface area contributed by atoms with Crippen molar-refractivity contribution in [3.63, 3.8) is 0 Å². The lowest BCUT2D eigenvalue weighted by Crippen LogP contribution is -2.20. The summed E-state index contributed by atoms with van der Waals surface area (Å²) in [5.41, 5.74) is -3.67. The molecular weight excluding hydrogens is 429 g/mol. The predicted octanol–water partition coefficient (Wildman–Crippen LogP) is 5.22. The van der Waals surface area contributed by atoms with Crippen LogP contribution in [-0.2, 0) is 17.7 Å². The van der Waals surface area contributed by atoms with Crippen LogP contribution in [-0.4, -0.2) is 0 Å². The van der Waals surface area contributed by atoms with Crippen molar-refractivity contribution in [2.24, 2.45) is 0 Å². The van der Waals surface area contributed by atoms with Gasteiger partial charge in [-0.25, -0.2) is 0 Å². The summed E-state index contributed by atoms with van der Waals surface area (Å²) in [6.45, 7) is 0. The molecule has 0 atom stereocenters. The molecule has 0 saturated carbocycles. The number of hydrogen-bond donors (Lipinski definition) is 0. The van der Waals surface area contributed by atoms with Crippen LogP contribution in [0, 0.1) is 3.57 Å². The number of alkyl halides is 7. The maximum absolute atomic E-state index is 12.7. The van der Waals surface area contributed by atoms with E-state index in [2.05, 4.69) is 15.9 Å². The number of halogens is 8. The fraction of sp³-hybridized carbons (Fsp3) is 0.333. The zero-order chi connectivity index (χ0) is 13.4. The van der Waals surface area contributed by atoms with E-state index in [-0.39, 0.29) is 5.33 Å². The number of benzene rings is 1. The average molecular weight is 433 g/mol. The van der Waals surface area contributed by atoms with E-state index >= 15 is 0 Å². The summed E-state index contributed by atoms with van der Waals surface area (Å²) < 4.78 is 75.5. The van der Waals surface area contributed by atoms with Gasteiger partial charge in [0.15, 0.2) is 0 Å². The van der Waals surface area contributed by atoms with Gasteiger partial charge in [0, 0.05) is 8.90 Å². The van der Waals surface area contributed by atoms with Crippen molar-refractivity contribution in [3.05, 3.63) is 32.4 Å². The van der Waals surface area contributed by atoms with Crippen LogP contribution in [0.1, 0.15) is 16.7 Å². The molecule has 0 radical (unpaired) electrons. The highest BCUT2D eigenvalue weighted by Gasteiger charge is 2.46. The van der Waals surface area contributed by atoms with E-state index in [0.29, 0.717) is 0 Å². The molecule has 0 aliphatic heterocycles. The Bertz CT molecular complexity index is 423. The van der Waals surface area contributed by atoms with E-state index in [9.17, 15) is 26.3 Å². The maximum Gasteiger partial charge on any atom is 0.418 e. The average Bonchev–Trinajstić information content (AvgIpc) is 2.13. The highest BCUT2D eigenvalue weighted by atomic mass is 127. The molecule has 1 aromatic rings. The van der Waals surface area contributed by atoms with Gasteiger partial charge in [0.05, 0.1) is 11.1 Å². The minimum atomic E-state index is -5.03. The van der Waals surface area contributed by atoms with Gasteiger partial charge in [0.1, 0.15) is 0 Å². The minimum Gasteiger partial charge on any atom is -0.166 e. The molecule has 17 heavy (non-hydrogen) atoms. The topological polar surface area (TPSA) is 0 Å². The molecule has 0 unspecified atom stereocenters. The monoisotopic (exact) mass is 432 g/mol. The zero-order valence-corrected chi connectivity index (χ0v) is 11.6. The first-order chi connectivity index (χ1) is 7.59. The molecule has 1 rings (SSSR count).